The molecule has 0 bridgehead atoms. The maximum absolute atomic E-state index is 11.8. The minimum Gasteiger partial charge on any atom is -0.366 e. The molecular formula is C10H8Cl2N4O. The van der Waals surface area contributed by atoms with Crippen LogP contribution in [-0.4, -0.2) is 20.7 Å². The Hall–Kier alpha value is -1.59. The van der Waals surface area contributed by atoms with Crippen LogP contribution in [0.1, 0.15) is 10.4 Å². The average molecular weight is 271 g/mol. The van der Waals surface area contributed by atoms with Gasteiger partial charge in [-0.1, -0.05) is 29.3 Å². The van der Waals surface area contributed by atoms with Crippen LogP contribution in [0.15, 0.2) is 24.5 Å². The second-order valence-electron chi connectivity index (χ2n) is 3.37. The molecule has 2 aromatic rings. The molecule has 0 spiro atoms. The Morgan fingerprint density at radius 1 is 1.35 bits per heavy atom. The smallest absolute Gasteiger partial charge is 0.252 e. The van der Waals surface area contributed by atoms with Crippen LogP contribution in [0.5, 0.6) is 0 Å². The summed E-state index contributed by atoms with van der Waals surface area (Å²) in [4.78, 5) is 15.4. The Morgan fingerprint density at radius 2 is 2.12 bits per heavy atom. The third kappa shape index (κ3) is 2.75. The van der Waals surface area contributed by atoms with Crippen LogP contribution in [0.25, 0.3) is 0 Å². The van der Waals surface area contributed by atoms with E-state index >= 15 is 0 Å². The number of hydrogen-bond donors (Lipinski definition) is 1. The van der Waals surface area contributed by atoms with E-state index in [2.05, 4.69) is 10.1 Å². The van der Waals surface area contributed by atoms with Gasteiger partial charge in [0.15, 0.2) is 0 Å². The third-order valence-electron chi connectivity index (χ3n) is 2.10. The number of nitrogens with two attached hydrogens (primary N) is 1. The molecule has 0 fully saturated rings. The zero-order valence-corrected chi connectivity index (χ0v) is 10.1. The van der Waals surface area contributed by atoms with Gasteiger partial charge in [0.05, 0.1) is 16.5 Å². The summed E-state index contributed by atoms with van der Waals surface area (Å²) < 4.78 is 1.10. The van der Waals surface area contributed by atoms with Gasteiger partial charge in [0.25, 0.3) is 5.91 Å². The van der Waals surface area contributed by atoms with E-state index in [0.29, 0.717) is 10.0 Å². The number of hydrogen-bond acceptors (Lipinski definition) is 4. The number of nitrogens with zero attached hydrogens (tertiary/aromatic N) is 3. The van der Waals surface area contributed by atoms with Gasteiger partial charge >= 0.3 is 0 Å². The quantitative estimate of drug-likeness (QED) is 0.907. The van der Waals surface area contributed by atoms with E-state index in [1.165, 1.54) is 6.33 Å². The molecule has 0 aliphatic heterocycles. The van der Waals surface area contributed by atoms with Crippen molar-refractivity contribution in [1.82, 2.24) is 14.8 Å². The monoisotopic (exact) mass is 270 g/mol. The summed E-state index contributed by atoms with van der Waals surface area (Å²) in [6.07, 6.45) is 1.43. The summed E-state index contributed by atoms with van der Waals surface area (Å²) in [5, 5.41) is 4.59. The number of benzene rings is 1. The Bertz CT molecular complexity index is 567. The minimum absolute atomic E-state index is 0.0625. The highest BCUT2D eigenvalue weighted by Gasteiger charge is 2.09. The van der Waals surface area contributed by atoms with Crippen LogP contribution in [0, 0.1) is 0 Å². The lowest BCUT2D eigenvalue weighted by molar-refractivity contribution is 0.0898. The lowest BCUT2D eigenvalue weighted by Crippen LogP contribution is -2.14. The Labute approximate surface area is 107 Å². The predicted molar refractivity (Wildman–Crippen MR) is 65.2 cm³/mol. The summed E-state index contributed by atoms with van der Waals surface area (Å²) in [5.41, 5.74) is 6.07. The lowest BCUT2D eigenvalue weighted by atomic mass is 10.1. The molecule has 2 N–H and O–H groups in total. The van der Waals surface area contributed by atoms with E-state index in [1.807, 2.05) is 0 Å². The fourth-order valence-electron chi connectivity index (χ4n) is 1.30. The number of rotatable bonds is 2. The van der Waals surface area contributed by atoms with Crippen molar-refractivity contribution in [1.29, 1.82) is 0 Å². The number of nitrogen functional groups attached to an aromatic ring is 1. The summed E-state index contributed by atoms with van der Waals surface area (Å²) in [6, 6.07) is 5.01. The molecule has 7 heteroatoms. The van der Waals surface area contributed by atoms with Crippen LogP contribution in [0.4, 0.5) is 5.95 Å². The molecule has 1 heterocycles. The first-order valence-corrected chi connectivity index (χ1v) is 5.46. The fraction of sp³-hybridized carbons (Fsp3) is 0.100. The first-order valence-electron chi connectivity index (χ1n) is 4.70. The first-order chi connectivity index (χ1) is 8.06. The highest BCUT2D eigenvalue weighted by atomic mass is 35.5. The number of aromatic nitrogens is 3. The molecule has 0 aliphatic carbocycles. The molecule has 88 valence electrons. The molecule has 5 nitrogen and oxygen atoms in total. The molecule has 0 radical (unpaired) electrons. The van der Waals surface area contributed by atoms with Crippen molar-refractivity contribution in [3.63, 3.8) is 0 Å². The number of halogens is 2. The average Bonchev–Trinajstić information content (AvgIpc) is 2.70. The van der Waals surface area contributed by atoms with Gasteiger partial charge in [-0.25, -0.2) is 4.98 Å². The molecule has 0 amide bonds. The van der Waals surface area contributed by atoms with Gasteiger partial charge in [0.2, 0.25) is 5.95 Å². The van der Waals surface area contributed by atoms with Crippen LogP contribution in [0.2, 0.25) is 10.0 Å². The summed E-state index contributed by atoms with van der Waals surface area (Å²) in [7, 11) is 0. The van der Waals surface area contributed by atoms with Crippen molar-refractivity contribution in [2.45, 2.75) is 6.42 Å². The Kier molecular flexibility index (Phi) is 3.31. The van der Waals surface area contributed by atoms with E-state index < -0.39 is 0 Å². The van der Waals surface area contributed by atoms with Gasteiger partial charge in [-0.3, -0.25) is 4.79 Å². The molecule has 17 heavy (non-hydrogen) atoms. The largest absolute Gasteiger partial charge is 0.366 e. The Morgan fingerprint density at radius 3 is 2.71 bits per heavy atom. The van der Waals surface area contributed by atoms with Gasteiger partial charge < -0.3 is 5.73 Å². The minimum atomic E-state index is -0.243. The molecule has 2 rings (SSSR count). The van der Waals surface area contributed by atoms with Gasteiger partial charge in [-0.2, -0.15) is 4.68 Å². The third-order valence-corrected chi connectivity index (χ3v) is 2.84. The maximum atomic E-state index is 11.8. The summed E-state index contributed by atoms with van der Waals surface area (Å²) in [6.45, 7) is 0. The number of carbonyl (C=O) groups is 1. The van der Waals surface area contributed by atoms with E-state index in [4.69, 9.17) is 28.9 Å². The van der Waals surface area contributed by atoms with Gasteiger partial charge in [-0.05, 0) is 17.7 Å². The molecule has 0 atom stereocenters. The number of carbonyl (C=O) groups excluding carboxylic acids is 1. The van der Waals surface area contributed by atoms with E-state index in [1.54, 1.807) is 18.2 Å². The zero-order chi connectivity index (χ0) is 12.4. The van der Waals surface area contributed by atoms with Crippen LogP contribution >= 0.6 is 23.2 Å². The fourth-order valence-corrected chi connectivity index (χ4v) is 1.62. The van der Waals surface area contributed by atoms with E-state index in [0.717, 1.165) is 10.2 Å². The van der Waals surface area contributed by atoms with Crippen LogP contribution in [-0.2, 0) is 6.42 Å². The molecule has 0 unspecified atom stereocenters. The molecule has 1 aromatic heterocycles. The SMILES string of the molecule is Nc1ncn(C(=O)Cc2ccc(Cl)c(Cl)c2)n1. The highest BCUT2D eigenvalue weighted by molar-refractivity contribution is 6.42. The molecule has 0 aliphatic rings. The first kappa shape index (κ1) is 11.9. The topological polar surface area (TPSA) is 73.8 Å². The molecule has 0 saturated heterocycles. The second-order valence-corrected chi connectivity index (χ2v) is 4.18. The molecular weight excluding hydrogens is 263 g/mol. The van der Waals surface area contributed by atoms with Crippen molar-refractivity contribution in [3.05, 3.63) is 40.1 Å². The second kappa shape index (κ2) is 4.73. The van der Waals surface area contributed by atoms with Crippen molar-refractivity contribution >= 4 is 35.1 Å². The normalized spacial score (nSPS) is 10.5. The van der Waals surface area contributed by atoms with Crippen molar-refractivity contribution in [2.24, 2.45) is 0 Å². The number of anilines is 1. The van der Waals surface area contributed by atoms with Crippen molar-refractivity contribution in [3.8, 4) is 0 Å². The Balaban J connectivity index is 2.15. The lowest BCUT2D eigenvalue weighted by Gasteiger charge is -2.02. The van der Waals surface area contributed by atoms with Gasteiger partial charge in [-0.15, -0.1) is 5.10 Å². The van der Waals surface area contributed by atoms with E-state index in [9.17, 15) is 4.79 Å². The van der Waals surface area contributed by atoms with Gasteiger partial charge in [0.1, 0.15) is 6.33 Å². The van der Waals surface area contributed by atoms with Gasteiger partial charge in [0, 0.05) is 0 Å². The highest BCUT2D eigenvalue weighted by Crippen LogP contribution is 2.22. The standard InChI is InChI=1S/C10H8Cl2N4O/c11-7-2-1-6(3-8(7)12)4-9(17)16-5-14-10(13)15-16/h1-3,5H,4H2,(H2,13,15). The van der Waals surface area contributed by atoms with Crippen LogP contribution < -0.4 is 5.73 Å². The van der Waals surface area contributed by atoms with Crippen molar-refractivity contribution < 1.29 is 4.79 Å². The van der Waals surface area contributed by atoms with Crippen LogP contribution in [0.3, 0.4) is 0 Å². The summed E-state index contributed by atoms with van der Waals surface area (Å²) in [5.74, 6) is -0.180. The predicted octanol–water partition coefficient (Wildman–Crippen LogP) is 2.05. The zero-order valence-electron chi connectivity index (χ0n) is 8.60. The molecule has 1 aromatic carbocycles. The summed E-state index contributed by atoms with van der Waals surface area (Å²) >= 11 is 11.6. The molecule has 0 saturated carbocycles. The van der Waals surface area contributed by atoms with E-state index in [-0.39, 0.29) is 18.3 Å². The maximum Gasteiger partial charge on any atom is 0.252 e. The van der Waals surface area contributed by atoms with Crippen molar-refractivity contribution in [2.75, 3.05) is 5.73 Å².